The monoisotopic (exact) mass is 242 g/mol. The van der Waals surface area contributed by atoms with Gasteiger partial charge in [-0.1, -0.05) is 0 Å². The van der Waals surface area contributed by atoms with E-state index in [1.807, 2.05) is 0 Å². The molecular weight excluding hydrogens is 212 g/mol. The largest absolute Gasteiger partial charge is 0.377 e. The summed E-state index contributed by atoms with van der Waals surface area (Å²) in [5, 5.41) is 3.50. The van der Waals surface area contributed by atoms with E-state index in [-0.39, 0.29) is 0 Å². The third-order valence-electron chi connectivity index (χ3n) is 3.45. The first kappa shape index (κ1) is 14.9. The average Bonchev–Trinajstić information content (AvgIpc) is 2.28. The lowest BCUT2D eigenvalue weighted by atomic mass is 9.98. The van der Waals surface area contributed by atoms with Crippen LogP contribution in [0.1, 0.15) is 40.5 Å². The maximum atomic E-state index is 5.65. The predicted molar refractivity (Wildman–Crippen MR) is 73.4 cm³/mol. The Morgan fingerprint density at radius 2 is 2.06 bits per heavy atom. The number of nitrogens with one attached hydrogen (secondary N) is 1. The van der Waals surface area contributed by atoms with Crippen LogP contribution < -0.4 is 5.32 Å². The molecule has 0 aromatic carbocycles. The highest BCUT2D eigenvalue weighted by molar-refractivity contribution is 4.74. The second kappa shape index (κ2) is 8.06. The molecule has 0 aromatic rings. The van der Waals surface area contributed by atoms with E-state index >= 15 is 0 Å². The Hall–Kier alpha value is -0.120. The van der Waals surface area contributed by atoms with Crippen LogP contribution in [0.4, 0.5) is 0 Å². The van der Waals surface area contributed by atoms with E-state index in [1.165, 1.54) is 32.5 Å². The van der Waals surface area contributed by atoms with E-state index in [2.05, 4.69) is 37.9 Å². The molecule has 0 amide bonds. The van der Waals surface area contributed by atoms with E-state index in [1.54, 1.807) is 0 Å². The average molecular weight is 242 g/mol. The third-order valence-corrected chi connectivity index (χ3v) is 3.45. The number of nitrogens with zero attached hydrogens (tertiary/aromatic N) is 1. The molecule has 102 valence electrons. The highest BCUT2D eigenvalue weighted by Crippen LogP contribution is 2.13. The molecule has 1 aliphatic heterocycles. The molecule has 3 nitrogen and oxygen atoms in total. The van der Waals surface area contributed by atoms with Crippen LogP contribution in [0.25, 0.3) is 0 Å². The summed E-state index contributed by atoms with van der Waals surface area (Å²) in [6, 6.07) is 0.618. The van der Waals surface area contributed by atoms with Gasteiger partial charge in [-0.2, -0.15) is 0 Å². The molecule has 1 unspecified atom stereocenters. The fourth-order valence-electron chi connectivity index (χ4n) is 2.38. The van der Waals surface area contributed by atoms with Crippen molar-refractivity contribution in [3.63, 3.8) is 0 Å². The highest BCUT2D eigenvalue weighted by Gasteiger charge is 2.18. The Bertz CT molecular complexity index is 189. The van der Waals surface area contributed by atoms with Crippen LogP contribution in [0.2, 0.25) is 0 Å². The van der Waals surface area contributed by atoms with E-state index in [9.17, 15) is 0 Å². The van der Waals surface area contributed by atoms with Gasteiger partial charge >= 0.3 is 0 Å². The Balaban J connectivity index is 2.26. The number of ether oxygens (including phenoxy) is 1. The summed E-state index contributed by atoms with van der Waals surface area (Å²) < 4.78 is 5.65. The molecule has 0 radical (unpaired) electrons. The van der Waals surface area contributed by atoms with Crippen LogP contribution in [0.3, 0.4) is 0 Å². The zero-order valence-corrected chi connectivity index (χ0v) is 12.0. The lowest BCUT2D eigenvalue weighted by molar-refractivity contribution is 0.0466. The van der Waals surface area contributed by atoms with Crippen molar-refractivity contribution in [1.82, 2.24) is 10.2 Å². The van der Waals surface area contributed by atoms with Crippen molar-refractivity contribution < 1.29 is 4.74 Å². The van der Waals surface area contributed by atoms with E-state index < -0.39 is 0 Å². The third kappa shape index (κ3) is 6.39. The quantitative estimate of drug-likeness (QED) is 0.740. The van der Waals surface area contributed by atoms with Gasteiger partial charge < -0.3 is 10.1 Å². The van der Waals surface area contributed by atoms with Crippen molar-refractivity contribution >= 4 is 0 Å². The summed E-state index contributed by atoms with van der Waals surface area (Å²) in [6.45, 7) is 14.3. The summed E-state index contributed by atoms with van der Waals surface area (Å²) in [6.07, 6.45) is 3.06. The molecule has 1 N–H and O–H groups in total. The Morgan fingerprint density at radius 3 is 2.59 bits per heavy atom. The van der Waals surface area contributed by atoms with Crippen molar-refractivity contribution in [2.75, 3.05) is 32.8 Å². The van der Waals surface area contributed by atoms with Crippen LogP contribution in [0, 0.1) is 5.92 Å². The van der Waals surface area contributed by atoms with Gasteiger partial charge in [0.2, 0.25) is 0 Å². The first-order valence-corrected chi connectivity index (χ1v) is 7.16. The van der Waals surface area contributed by atoms with Gasteiger partial charge in [-0.05, 0) is 59.5 Å². The van der Waals surface area contributed by atoms with E-state index in [4.69, 9.17) is 4.74 Å². The SMILES string of the molecule is CC(C)OCCN(CC1CCCNC1)C(C)C. The van der Waals surface area contributed by atoms with Gasteiger partial charge in [0.15, 0.2) is 0 Å². The molecule has 0 spiro atoms. The lowest BCUT2D eigenvalue weighted by Gasteiger charge is -2.32. The van der Waals surface area contributed by atoms with E-state index in [0.29, 0.717) is 12.1 Å². The van der Waals surface area contributed by atoms with Crippen LogP contribution in [-0.2, 0) is 4.74 Å². The molecule has 0 aliphatic carbocycles. The van der Waals surface area contributed by atoms with Gasteiger partial charge in [0, 0.05) is 19.1 Å². The van der Waals surface area contributed by atoms with E-state index in [0.717, 1.165) is 19.1 Å². The molecule has 1 atom stereocenters. The van der Waals surface area contributed by atoms with Gasteiger partial charge in [-0.3, -0.25) is 4.90 Å². The molecule has 1 rings (SSSR count). The van der Waals surface area contributed by atoms with Crippen molar-refractivity contribution in [3.05, 3.63) is 0 Å². The van der Waals surface area contributed by atoms with Crippen molar-refractivity contribution in [2.24, 2.45) is 5.92 Å². The maximum Gasteiger partial charge on any atom is 0.0597 e. The molecule has 1 aliphatic rings. The minimum absolute atomic E-state index is 0.348. The van der Waals surface area contributed by atoms with Gasteiger partial charge in [0.25, 0.3) is 0 Å². The van der Waals surface area contributed by atoms with Crippen LogP contribution in [0.15, 0.2) is 0 Å². The topological polar surface area (TPSA) is 24.5 Å². The predicted octanol–water partition coefficient (Wildman–Crippen LogP) is 2.12. The van der Waals surface area contributed by atoms with Crippen LogP contribution >= 0.6 is 0 Å². The second-order valence-electron chi connectivity index (χ2n) is 5.72. The molecule has 1 saturated heterocycles. The standard InChI is InChI=1S/C14H30N2O/c1-12(2)16(8-9-17-13(3)4)11-14-6-5-7-15-10-14/h12-15H,5-11H2,1-4H3. The summed E-state index contributed by atoms with van der Waals surface area (Å²) in [5.41, 5.74) is 0. The van der Waals surface area contributed by atoms with Gasteiger partial charge in [-0.15, -0.1) is 0 Å². The summed E-state index contributed by atoms with van der Waals surface area (Å²) >= 11 is 0. The molecule has 3 heteroatoms. The Kier molecular flexibility index (Phi) is 7.09. The summed E-state index contributed by atoms with van der Waals surface area (Å²) in [7, 11) is 0. The zero-order chi connectivity index (χ0) is 12.7. The molecule has 0 bridgehead atoms. The van der Waals surface area contributed by atoms with Crippen molar-refractivity contribution in [2.45, 2.75) is 52.7 Å². The molecular formula is C14H30N2O. The van der Waals surface area contributed by atoms with Gasteiger partial charge in [0.1, 0.15) is 0 Å². The fraction of sp³-hybridized carbons (Fsp3) is 1.00. The smallest absolute Gasteiger partial charge is 0.0597 e. The maximum absolute atomic E-state index is 5.65. The fourth-order valence-corrected chi connectivity index (χ4v) is 2.38. The van der Waals surface area contributed by atoms with Crippen LogP contribution in [0.5, 0.6) is 0 Å². The molecule has 1 fully saturated rings. The van der Waals surface area contributed by atoms with Crippen molar-refractivity contribution in [1.29, 1.82) is 0 Å². The van der Waals surface area contributed by atoms with Gasteiger partial charge in [-0.25, -0.2) is 0 Å². The lowest BCUT2D eigenvalue weighted by Crippen LogP contribution is -2.42. The van der Waals surface area contributed by atoms with Crippen LogP contribution in [-0.4, -0.2) is 49.8 Å². The molecule has 17 heavy (non-hydrogen) atoms. The van der Waals surface area contributed by atoms with Gasteiger partial charge in [0.05, 0.1) is 12.7 Å². The number of piperidine rings is 1. The number of rotatable bonds is 7. The zero-order valence-electron chi connectivity index (χ0n) is 12.0. The minimum Gasteiger partial charge on any atom is -0.377 e. The summed E-state index contributed by atoms with van der Waals surface area (Å²) in [4.78, 5) is 2.56. The molecule has 0 saturated carbocycles. The Morgan fingerprint density at radius 1 is 1.29 bits per heavy atom. The second-order valence-corrected chi connectivity index (χ2v) is 5.72. The molecule has 0 aromatic heterocycles. The Labute approximate surface area is 107 Å². The first-order chi connectivity index (χ1) is 8.09. The normalized spacial score (nSPS) is 21.7. The number of hydrogen-bond donors (Lipinski definition) is 1. The minimum atomic E-state index is 0.348. The summed E-state index contributed by atoms with van der Waals surface area (Å²) in [5.74, 6) is 0.824. The number of hydrogen-bond acceptors (Lipinski definition) is 3. The van der Waals surface area contributed by atoms with Crippen molar-refractivity contribution in [3.8, 4) is 0 Å². The highest BCUT2D eigenvalue weighted by atomic mass is 16.5. The first-order valence-electron chi connectivity index (χ1n) is 7.16. The molecule has 1 heterocycles.